The normalized spacial score (nSPS) is 10.5. The average molecular weight is 292 g/mol. The van der Waals surface area contributed by atoms with Crippen molar-refractivity contribution in [3.8, 4) is 0 Å². The maximum atomic E-state index is 11.9. The smallest absolute Gasteiger partial charge is 0.249 e. The van der Waals surface area contributed by atoms with E-state index in [1.165, 1.54) is 11.3 Å². The molecule has 0 saturated heterocycles. The van der Waals surface area contributed by atoms with Gasteiger partial charge in [-0.2, -0.15) is 0 Å². The molecule has 0 saturated carbocycles. The van der Waals surface area contributed by atoms with Crippen LogP contribution in [0.15, 0.2) is 5.38 Å². The highest BCUT2D eigenvalue weighted by atomic mass is 32.1. The van der Waals surface area contributed by atoms with Crippen LogP contribution in [0, 0.1) is 0 Å². The summed E-state index contributed by atoms with van der Waals surface area (Å²) in [5.74, 6) is -0.00402. The highest BCUT2D eigenvalue weighted by Gasteiger charge is 2.11. The Bertz CT molecular complexity index is 612. The van der Waals surface area contributed by atoms with Crippen LogP contribution in [0.1, 0.15) is 30.9 Å². The number of rotatable bonds is 5. The van der Waals surface area contributed by atoms with Crippen molar-refractivity contribution in [1.29, 1.82) is 0 Å². The quantitative estimate of drug-likeness (QED) is 0.858. The minimum Gasteiger partial charge on any atom is -0.375 e. The third kappa shape index (κ3) is 3.47. The first-order valence-corrected chi connectivity index (χ1v) is 7.22. The number of hydrogen-bond donors (Lipinski definition) is 2. The van der Waals surface area contributed by atoms with E-state index in [9.17, 15) is 4.79 Å². The molecule has 2 rings (SSSR count). The molecule has 0 atom stereocenters. The standard InChI is InChI=1S/C12H16N6OS/c1-3-8-9(4-2)17-18-12(15-8)16-10(19)5-7-6-20-11(13)14-7/h6H,3-5H2,1-2H3,(H2,13,14)(H,15,16,18,19). The van der Waals surface area contributed by atoms with Crippen molar-refractivity contribution in [3.63, 3.8) is 0 Å². The van der Waals surface area contributed by atoms with Crippen molar-refractivity contribution in [2.24, 2.45) is 0 Å². The Kier molecular flexibility index (Phi) is 4.57. The Morgan fingerprint density at radius 3 is 2.60 bits per heavy atom. The molecule has 3 N–H and O–H groups in total. The van der Waals surface area contributed by atoms with E-state index in [4.69, 9.17) is 5.73 Å². The molecule has 2 aromatic rings. The van der Waals surface area contributed by atoms with Crippen molar-refractivity contribution in [1.82, 2.24) is 20.2 Å². The lowest BCUT2D eigenvalue weighted by molar-refractivity contribution is -0.115. The summed E-state index contributed by atoms with van der Waals surface area (Å²) in [6.07, 6.45) is 1.67. The molecular formula is C12H16N6OS. The number of nitrogens with zero attached hydrogens (tertiary/aromatic N) is 4. The monoisotopic (exact) mass is 292 g/mol. The van der Waals surface area contributed by atoms with Crippen LogP contribution < -0.4 is 11.1 Å². The Balaban J connectivity index is 2.04. The number of hydrogen-bond acceptors (Lipinski definition) is 7. The lowest BCUT2D eigenvalue weighted by atomic mass is 10.2. The fraction of sp³-hybridized carbons (Fsp3) is 0.417. The summed E-state index contributed by atoms with van der Waals surface area (Å²) >= 11 is 1.31. The first-order chi connectivity index (χ1) is 9.62. The zero-order valence-electron chi connectivity index (χ0n) is 11.4. The van der Waals surface area contributed by atoms with Gasteiger partial charge in [-0.05, 0) is 12.8 Å². The van der Waals surface area contributed by atoms with E-state index in [-0.39, 0.29) is 18.3 Å². The minimum absolute atomic E-state index is 0.147. The van der Waals surface area contributed by atoms with Gasteiger partial charge in [0, 0.05) is 5.38 Å². The van der Waals surface area contributed by atoms with Crippen LogP contribution in [-0.2, 0) is 24.1 Å². The summed E-state index contributed by atoms with van der Waals surface area (Å²) in [5.41, 5.74) is 7.87. The second-order valence-electron chi connectivity index (χ2n) is 4.14. The summed E-state index contributed by atoms with van der Waals surface area (Å²) in [6, 6.07) is 0. The Morgan fingerprint density at radius 1 is 1.25 bits per heavy atom. The van der Waals surface area contributed by atoms with Gasteiger partial charge in [0.25, 0.3) is 0 Å². The first-order valence-electron chi connectivity index (χ1n) is 6.34. The summed E-state index contributed by atoms with van der Waals surface area (Å²) in [7, 11) is 0. The highest BCUT2D eigenvalue weighted by molar-refractivity contribution is 7.13. The maximum absolute atomic E-state index is 11.9. The largest absolute Gasteiger partial charge is 0.375 e. The lowest BCUT2D eigenvalue weighted by Crippen LogP contribution is -2.18. The van der Waals surface area contributed by atoms with Crippen LogP contribution in [0.5, 0.6) is 0 Å². The molecule has 0 aliphatic heterocycles. The van der Waals surface area contributed by atoms with Crippen LogP contribution in [0.2, 0.25) is 0 Å². The number of thiazole rings is 1. The van der Waals surface area contributed by atoms with Gasteiger partial charge >= 0.3 is 0 Å². The fourth-order valence-corrected chi connectivity index (χ4v) is 2.29. The molecule has 2 heterocycles. The summed E-state index contributed by atoms with van der Waals surface area (Å²) in [6.45, 7) is 3.99. The van der Waals surface area contributed by atoms with Crippen molar-refractivity contribution in [2.75, 3.05) is 11.1 Å². The summed E-state index contributed by atoms with van der Waals surface area (Å²) in [5, 5.41) is 12.8. The van der Waals surface area contributed by atoms with Gasteiger partial charge in [0.2, 0.25) is 11.9 Å². The fourth-order valence-electron chi connectivity index (χ4n) is 1.73. The van der Waals surface area contributed by atoms with Crippen LogP contribution >= 0.6 is 11.3 Å². The van der Waals surface area contributed by atoms with Crippen molar-refractivity contribution in [3.05, 3.63) is 22.5 Å². The molecule has 0 bridgehead atoms. The second kappa shape index (κ2) is 6.38. The molecule has 0 fully saturated rings. The predicted octanol–water partition coefficient (Wildman–Crippen LogP) is 1.22. The topological polar surface area (TPSA) is 107 Å². The van der Waals surface area contributed by atoms with Crippen molar-refractivity contribution < 1.29 is 4.79 Å². The van der Waals surface area contributed by atoms with Gasteiger partial charge in [0.05, 0.1) is 23.5 Å². The van der Waals surface area contributed by atoms with E-state index >= 15 is 0 Å². The van der Waals surface area contributed by atoms with Gasteiger partial charge in [-0.1, -0.05) is 13.8 Å². The van der Waals surface area contributed by atoms with Gasteiger partial charge in [-0.3, -0.25) is 10.1 Å². The number of nitrogen functional groups attached to an aromatic ring is 1. The molecule has 0 unspecified atom stereocenters. The molecule has 20 heavy (non-hydrogen) atoms. The molecule has 0 aromatic carbocycles. The number of nitrogens with two attached hydrogens (primary N) is 1. The summed E-state index contributed by atoms with van der Waals surface area (Å²) in [4.78, 5) is 20.2. The Labute approximate surface area is 120 Å². The molecule has 2 aromatic heterocycles. The Hall–Kier alpha value is -2.09. The zero-order chi connectivity index (χ0) is 14.5. The second-order valence-corrected chi connectivity index (χ2v) is 5.03. The van der Waals surface area contributed by atoms with Crippen molar-refractivity contribution >= 4 is 28.3 Å². The van der Waals surface area contributed by atoms with E-state index < -0.39 is 0 Å². The number of aryl methyl sites for hydroxylation is 2. The zero-order valence-corrected chi connectivity index (χ0v) is 12.2. The summed E-state index contributed by atoms with van der Waals surface area (Å²) < 4.78 is 0. The first kappa shape index (κ1) is 14.3. The predicted molar refractivity (Wildman–Crippen MR) is 77.4 cm³/mol. The molecule has 0 spiro atoms. The number of carbonyl (C=O) groups excluding carboxylic acids is 1. The van der Waals surface area contributed by atoms with E-state index in [0.29, 0.717) is 10.8 Å². The molecule has 0 radical (unpaired) electrons. The SMILES string of the molecule is CCc1nnc(NC(=O)Cc2csc(N)n2)nc1CC. The average Bonchev–Trinajstić information content (AvgIpc) is 2.83. The van der Waals surface area contributed by atoms with Crippen LogP contribution in [0.25, 0.3) is 0 Å². The van der Waals surface area contributed by atoms with Gasteiger partial charge in [0.15, 0.2) is 5.13 Å². The third-order valence-electron chi connectivity index (χ3n) is 2.67. The van der Waals surface area contributed by atoms with Crippen LogP contribution in [0.3, 0.4) is 0 Å². The number of amides is 1. The molecular weight excluding hydrogens is 276 g/mol. The number of anilines is 2. The Morgan fingerprint density at radius 2 is 2.00 bits per heavy atom. The van der Waals surface area contributed by atoms with Gasteiger partial charge < -0.3 is 5.73 Å². The number of nitrogens with one attached hydrogen (secondary N) is 1. The molecule has 7 nitrogen and oxygen atoms in total. The molecule has 0 aliphatic carbocycles. The number of aromatic nitrogens is 4. The minimum atomic E-state index is -0.233. The molecule has 8 heteroatoms. The number of carbonyl (C=O) groups is 1. The van der Waals surface area contributed by atoms with E-state index in [1.807, 2.05) is 13.8 Å². The van der Waals surface area contributed by atoms with E-state index in [2.05, 4.69) is 25.5 Å². The molecule has 106 valence electrons. The third-order valence-corrected chi connectivity index (χ3v) is 3.39. The lowest BCUT2D eigenvalue weighted by Gasteiger charge is -2.06. The van der Waals surface area contributed by atoms with Crippen molar-refractivity contribution in [2.45, 2.75) is 33.1 Å². The molecule has 1 amide bonds. The highest BCUT2D eigenvalue weighted by Crippen LogP contribution is 2.12. The van der Waals surface area contributed by atoms with Crippen LogP contribution in [-0.4, -0.2) is 26.1 Å². The maximum Gasteiger partial charge on any atom is 0.249 e. The molecule has 0 aliphatic rings. The van der Waals surface area contributed by atoms with E-state index in [0.717, 1.165) is 24.2 Å². The van der Waals surface area contributed by atoms with E-state index in [1.54, 1.807) is 5.38 Å². The van der Waals surface area contributed by atoms with Gasteiger partial charge in [-0.25, -0.2) is 9.97 Å². The van der Waals surface area contributed by atoms with Gasteiger partial charge in [0.1, 0.15) is 0 Å². The van der Waals surface area contributed by atoms with Gasteiger partial charge in [-0.15, -0.1) is 21.5 Å². The van der Waals surface area contributed by atoms with Crippen LogP contribution in [0.4, 0.5) is 11.1 Å².